The number of thioether (sulfide) groups is 1. The Morgan fingerprint density at radius 3 is 1.68 bits per heavy atom. The number of aliphatic hydroxyl groups excluding tert-OH is 2. The molecule has 0 radical (unpaired) electrons. The Labute approximate surface area is 174 Å². The molecule has 0 saturated carbocycles. The van der Waals surface area contributed by atoms with Gasteiger partial charge in [0, 0.05) is 5.75 Å². The van der Waals surface area contributed by atoms with E-state index in [2.05, 4.69) is 0 Å². The number of unbranched alkanes of at least 4 members (excludes halogenated alkanes) is 2. The van der Waals surface area contributed by atoms with Gasteiger partial charge in [0.2, 0.25) is 0 Å². The van der Waals surface area contributed by atoms with Crippen LogP contribution < -0.4 is 0 Å². The summed E-state index contributed by atoms with van der Waals surface area (Å²) in [5.41, 5.74) is 0. The third-order valence-corrected chi connectivity index (χ3v) is 11.1. The maximum atomic E-state index is 13.4. The molecule has 0 amide bonds. The predicted octanol–water partition coefficient (Wildman–Crippen LogP) is 4.49. The zero-order chi connectivity index (χ0) is 21.5. The Balaban J connectivity index is 5.00. The fourth-order valence-electron chi connectivity index (χ4n) is 2.61. The van der Waals surface area contributed by atoms with Crippen molar-refractivity contribution >= 4 is 27.0 Å². The number of hydrogen-bond donors (Lipinski definition) is 2. The zero-order valence-electron chi connectivity index (χ0n) is 17.6. The summed E-state index contributed by atoms with van der Waals surface area (Å²) < 4.78 is 48.5. The Bertz CT molecular complexity index is 430. The number of rotatable bonds is 19. The molecule has 0 aliphatic carbocycles. The van der Waals surface area contributed by atoms with Gasteiger partial charge in [-0.15, -0.1) is 0 Å². The van der Waals surface area contributed by atoms with Gasteiger partial charge < -0.3 is 28.3 Å². The molecule has 1 unspecified atom stereocenters. The summed E-state index contributed by atoms with van der Waals surface area (Å²) in [4.78, 5) is 0. The van der Waals surface area contributed by atoms with Crippen molar-refractivity contribution < 1.29 is 37.4 Å². The number of hydrogen-bond acceptors (Lipinski definition) is 9. The second-order valence-corrected chi connectivity index (χ2v) is 12.0. The molecule has 2 N–H and O–H groups in total. The summed E-state index contributed by atoms with van der Waals surface area (Å²) in [5.74, 6) is 1.33. The van der Waals surface area contributed by atoms with Gasteiger partial charge in [0.05, 0.1) is 39.1 Å². The van der Waals surface area contributed by atoms with Crippen molar-refractivity contribution in [2.24, 2.45) is 0 Å². The van der Waals surface area contributed by atoms with Crippen molar-refractivity contribution in [1.29, 1.82) is 0 Å². The first-order chi connectivity index (χ1) is 13.3. The van der Waals surface area contributed by atoms with E-state index in [4.69, 9.17) is 23.2 Å². The Hall–Kier alpha value is 0.570. The molecule has 0 bridgehead atoms. The van der Waals surface area contributed by atoms with Crippen LogP contribution in [0.5, 0.6) is 0 Å². The fourth-order valence-corrected chi connectivity index (χ4v) is 9.02. The van der Waals surface area contributed by atoms with E-state index in [1.807, 2.05) is 0 Å². The molecule has 0 heterocycles. The van der Waals surface area contributed by atoms with E-state index >= 15 is 0 Å². The van der Waals surface area contributed by atoms with Gasteiger partial charge in [0.15, 0.2) is 5.40 Å². The van der Waals surface area contributed by atoms with Crippen molar-refractivity contribution in [3.63, 3.8) is 0 Å². The van der Waals surface area contributed by atoms with Gasteiger partial charge in [-0.2, -0.15) is 11.8 Å². The molecule has 0 aromatic carbocycles. The summed E-state index contributed by atoms with van der Waals surface area (Å²) in [6, 6.07) is 0. The molecule has 0 fully saturated rings. The highest BCUT2D eigenvalue weighted by Crippen LogP contribution is 2.71. The van der Waals surface area contributed by atoms with Crippen molar-refractivity contribution in [2.75, 3.05) is 44.5 Å². The van der Waals surface area contributed by atoms with Crippen LogP contribution >= 0.6 is 27.0 Å². The van der Waals surface area contributed by atoms with E-state index in [1.165, 1.54) is 0 Å². The van der Waals surface area contributed by atoms with Crippen molar-refractivity contribution in [3.05, 3.63) is 0 Å². The van der Waals surface area contributed by atoms with Crippen LogP contribution in [-0.4, -0.2) is 66.3 Å². The highest BCUT2D eigenvalue weighted by atomic mass is 32.2. The summed E-state index contributed by atoms with van der Waals surface area (Å²) in [6.07, 6.45) is 2.04. The minimum Gasteiger partial charge on any atom is -0.394 e. The Kier molecular flexibility index (Phi) is 16.6. The predicted molar refractivity (Wildman–Crippen MR) is 114 cm³/mol. The summed E-state index contributed by atoms with van der Waals surface area (Å²) >= 11 is 1.57. The van der Waals surface area contributed by atoms with Crippen molar-refractivity contribution in [1.82, 2.24) is 0 Å². The van der Waals surface area contributed by atoms with Crippen molar-refractivity contribution in [2.45, 2.75) is 64.9 Å². The molecular weight excluding hydrogens is 426 g/mol. The topological polar surface area (TPSA) is 112 Å². The molecule has 1 atom stereocenters. The zero-order valence-corrected chi connectivity index (χ0v) is 20.2. The molecule has 0 aromatic rings. The van der Waals surface area contributed by atoms with E-state index in [9.17, 15) is 14.2 Å². The van der Waals surface area contributed by atoms with Gasteiger partial charge in [-0.05, 0) is 46.3 Å². The average Bonchev–Trinajstić information content (AvgIpc) is 2.64. The molecule has 11 heteroatoms. The molecule has 0 aliphatic rings. The molecule has 0 rings (SSSR count). The normalized spacial score (nSPS) is 14.0. The summed E-state index contributed by atoms with van der Waals surface area (Å²) in [6.45, 7) is 7.33. The van der Waals surface area contributed by atoms with Crippen LogP contribution in [0.25, 0.3) is 0 Å². The highest BCUT2D eigenvalue weighted by Gasteiger charge is 2.50. The number of aliphatic hydroxyl groups is 2. The molecule has 0 saturated heterocycles. The van der Waals surface area contributed by atoms with Crippen molar-refractivity contribution in [3.8, 4) is 0 Å². The molecular formula is C17H38O8P2S. The van der Waals surface area contributed by atoms with E-state index in [0.29, 0.717) is 18.6 Å². The van der Waals surface area contributed by atoms with Gasteiger partial charge in [-0.25, -0.2) is 0 Å². The monoisotopic (exact) mass is 464 g/mol. The summed E-state index contributed by atoms with van der Waals surface area (Å²) in [7, 11) is -7.34. The van der Waals surface area contributed by atoms with E-state index in [-0.39, 0.29) is 33.0 Å². The molecule has 8 nitrogen and oxygen atoms in total. The maximum Gasteiger partial charge on any atom is 0.345 e. The van der Waals surface area contributed by atoms with E-state index < -0.39 is 26.7 Å². The van der Waals surface area contributed by atoms with Crippen LogP contribution in [0.15, 0.2) is 0 Å². The van der Waals surface area contributed by atoms with Crippen LogP contribution in [0.3, 0.4) is 0 Å². The lowest BCUT2D eigenvalue weighted by Gasteiger charge is -2.31. The minimum absolute atomic E-state index is 0.176. The molecule has 0 spiro atoms. The first kappa shape index (κ1) is 28.6. The van der Waals surface area contributed by atoms with E-state index in [0.717, 1.165) is 18.6 Å². The van der Waals surface area contributed by atoms with Crippen LogP contribution in [-0.2, 0) is 27.2 Å². The SMILES string of the molecule is CCOP(=O)(OCC)C(CCCCCSCC(O)CO)P(=O)(OCC)OCC. The smallest absolute Gasteiger partial charge is 0.345 e. The largest absolute Gasteiger partial charge is 0.394 e. The third-order valence-electron chi connectivity index (χ3n) is 3.74. The highest BCUT2D eigenvalue weighted by molar-refractivity contribution is 7.99. The fraction of sp³-hybridized carbons (Fsp3) is 1.00. The van der Waals surface area contributed by atoms with Crippen LogP contribution in [0.1, 0.15) is 53.4 Å². The standard InChI is InChI=1S/C17H38O8P2S/c1-5-22-26(20,23-6-2)17(27(21,24-7-3)25-8-4)12-10-9-11-13-28-15-16(19)14-18/h16-19H,5-15H2,1-4H3. The average molecular weight is 464 g/mol. The van der Waals surface area contributed by atoms with Crippen LogP contribution in [0.2, 0.25) is 0 Å². The quantitative estimate of drug-likeness (QED) is 0.211. The molecule has 170 valence electrons. The first-order valence-electron chi connectivity index (χ1n) is 9.97. The molecule has 28 heavy (non-hydrogen) atoms. The lowest BCUT2D eigenvalue weighted by atomic mass is 10.2. The molecule has 0 aliphatic heterocycles. The summed E-state index contributed by atoms with van der Waals surface area (Å²) in [5, 5.41) is 17.2. The van der Waals surface area contributed by atoms with Crippen LogP contribution in [0, 0.1) is 0 Å². The van der Waals surface area contributed by atoms with Gasteiger partial charge in [0.25, 0.3) is 0 Å². The van der Waals surface area contributed by atoms with Gasteiger partial charge in [0.1, 0.15) is 0 Å². The Morgan fingerprint density at radius 2 is 1.29 bits per heavy atom. The third kappa shape index (κ3) is 10.6. The lowest BCUT2D eigenvalue weighted by Crippen LogP contribution is -2.18. The minimum atomic E-state index is -3.67. The van der Waals surface area contributed by atoms with Crippen LogP contribution in [0.4, 0.5) is 0 Å². The lowest BCUT2D eigenvalue weighted by molar-refractivity contribution is 0.113. The Morgan fingerprint density at radius 1 is 0.821 bits per heavy atom. The maximum absolute atomic E-state index is 13.4. The van der Waals surface area contributed by atoms with Gasteiger partial charge >= 0.3 is 15.2 Å². The first-order valence-corrected chi connectivity index (χ1v) is 14.3. The second kappa shape index (κ2) is 16.3. The van der Waals surface area contributed by atoms with Gasteiger partial charge in [-0.3, -0.25) is 9.13 Å². The van der Waals surface area contributed by atoms with Gasteiger partial charge in [-0.1, -0.05) is 12.8 Å². The molecule has 0 aromatic heterocycles. The van der Waals surface area contributed by atoms with E-state index in [1.54, 1.807) is 39.5 Å². The second-order valence-electron chi connectivity index (χ2n) is 5.99.